The average Bonchev–Trinajstić information content (AvgIpc) is 2.48. The maximum atomic E-state index is 6.15. The van der Waals surface area contributed by atoms with Crippen LogP contribution in [0.4, 0.5) is 0 Å². The van der Waals surface area contributed by atoms with Gasteiger partial charge in [-0.25, -0.2) is 0 Å². The Morgan fingerprint density at radius 2 is 2.00 bits per heavy atom. The van der Waals surface area contributed by atoms with E-state index in [0.717, 1.165) is 18.9 Å². The lowest BCUT2D eigenvalue weighted by Gasteiger charge is -2.28. The van der Waals surface area contributed by atoms with Gasteiger partial charge in [0, 0.05) is 0 Å². The number of likely N-dealkylation sites (N-methyl/N-ethyl adjacent to an activating group) is 1. The van der Waals surface area contributed by atoms with Crippen molar-refractivity contribution in [3.05, 3.63) is 35.4 Å². The fourth-order valence-electron chi connectivity index (χ4n) is 3.09. The van der Waals surface area contributed by atoms with Crippen LogP contribution in [-0.2, 0) is 11.2 Å². The molecule has 0 heterocycles. The third-order valence-electron chi connectivity index (χ3n) is 4.53. The smallest absolute Gasteiger partial charge is 0.0665 e. The van der Waals surface area contributed by atoms with Crippen LogP contribution in [0.1, 0.15) is 56.7 Å². The van der Waals surface area contributed by atoms with E-state index in [1.165, 1.54) is 36.8 Å². The lowest BCUT2D eigenvalue weighted by molar-refractivity contribution is 0.00488. The van der Waals surface area contributed by atoms with Gasteiger partial charge in [-0.2, -0.15) is 0 Å². The molecule has 3 unspecified atom stereocenters. The molecule has 0 spiro atoms. The first-order valence-electron chi connectivity index (χ1n) is 8.10. The second-order valence-electron chi connectivity index (χ2n) is 6.16. The molecule has 1 fully saturated rings. The second-order valence-corrected chi connectivity index (χ2v) is 6.16. The molecule has 2 rings (SSSR count). The van der Waals surface area contributed by atoms with Crippen LogP contribution in [0.25, 0.3) is 0 Å². The highest BCUT2D eigenvalue weighted by molar-refractivity contribution is 5.25. The SMILES string of the molecule is CCc1ccc(C(COC2CCCC(C)C2)NC)cc1. The van der Waals surface area contributed by atoms with Crippen molar-refractivity contribution in [2.45, 2.75) is 58.1 Å². The van der Waals surface area contributed by atoms with Crippen molar-refractivity contribution >= 4 is 0 Å². The predicted molar refractivity (Wildman–Crippen MR) is 85.0 cm³/mol. The Labute approximate surface area is 123 Å². The molecule has 0 bridgehead atoms. The first-order chi connectivity index (χ1) is 9.72. The van der Waals surface area contributed by atoms with E-state index in [4.69, 9.17) is 4.74 Å². The lowest BCUT2D eigenvalue weighted by atomic mass is 9.88. The van der Waals surface area contributed by atoms with Crippen molar-refractivity contribution in [3.63, 3.8) is 0 Å². The van der Waals surface area contributed by atoms with E-state index in [-0.39, 0.29) is 0 Å². The Kier molecular flexibility index (Phi) is 6.06. The summed E-state index contributed by atoms with van der Waals surface area (Å²) in [4.78, 5) is 0. The first kappa shape index (κ1) is 15.5. The molecule has 2 nitrogen and oxygen atoms in total. The Balaban J connectivity index is 1.87. The molecule has 3 atom stereocenters. The molecule has 20 heavy (non-hydrogen) atoms. The molecular weight excluding hydrogens is 246 g/mol. The van der Waals surface area contributed by atoms with Gasteiger partial charge >= 0.3 is 0 Å². The van der Waals surface area contributed by atoms with E-state index in [1.54, 1.807) is 0 Å². The van der Waals surface area contributed by atoms with E-state index >= 15 is 0 Å². The Hall–Kier alpha value is -0.860. The minimum atomic E-state index is 0.304. The van der Waals surface area contributed by atoms with Crippen LogP contribution in [-0.4, -0.2) is 19.8 Å². The molecule has 1 N–H and O–H groups in total. The summed E-state index contributed by atoms with van der Waals surface area (Å²) in [5, 5.41) is 3.38. The molecule has 0 saturated heterocycles. The molecule has 1 aromatic rings. The standard InChI is InChI=1S/C18H29NO/c1-4-15-8-10-16(11-9-15)18(19-3)13-20-17-7-5-6-14(2)12-17/h8-11,14,17-19H,4-7,12-13H2,1-3H3. The molecule has 2 heteroatoms. The van der Waals surface area contributed by atoms with Gasteiger partial charge in [-0.15, -0.1) is 0 Å². The summed E-state index contributed by atoms with van der Waals surface area (Å²) < 4.78 is 6.15. The van der Waals surface area contributed by atoms with Gasteiger partial charge in [-0.05, 0) is 43.4 Å². The van der Waals surface area contributed by atoms with Gasteiger partial charge < -0.3 is 10.1 Å². The van der Waals surface area contributed by atoms with Crippen LogP contribution < -0.4 is 5.32 Å². The molecule has 1 aliphatic rings. The topological polar surface area (TPSA) is 21.3 Å². The summed E-state index contributed by atoms with van der Waals surface area (Å²) in [6.07, 6.45) is 6.71. The van der Waals surface area contributed by atoms with E-state index in [0.29, 0.717) is 12.1 Å². The molecule has 1 aliphatic carbocycles. The molecular formula is C18H29NO. The fraction of sp³-hybridized carbons (Fsp3) is 0.667. The van der Waals surface area contributed by atoms with Crippen LogP contribution in [0, 0.1) is 5.92 Å². The molecule has 112 valence electrons. The molecule has 0 aliphatic heterocycles. The van der Waals surface area contributed by atoms with Crippen LogP contribution in [0.5, 0.6) is 0 Å². The molecule has 1 aromatic carbocycles. The van der Waals surface area contributed by atoms with Gasteiger partial charge in [0.15, 0.2) is 0 Å². The number of hydrogen-bond donors (Lipinski definition) is 1. The number of hydrogen-bond acceptors (Lipinski definition) is 2. The summed E-state index contributed by atoms with van der Waals surface area (Å²) in [5.41, 5.74) is 2.72. The minimum absolute atomic E-state index is 0.304. The maximum Gasteiger partial charge on any atom is 0.0665 e. The van der Waals surface area contributed by atoms with E-state index in [1.807, 2.05) is 7.05 Å². The Morgan fingerprint density at radius 3 is 2.60 bits per heavy atom. The van der Waals surface area contributed by atoms with E-state index < -0.39 is 0 Å². The van der Waals surface area contributed by atoms with Gasteiger partial charge in [0.25, 0.3) is 0 Å². The van der Waals surface area contributed by atoms with Gasteiger partial charge in [0.2, 0.25) is 0 Å². The van der Waals surface area contributed by atoms with Crippen LogP contribution in [0.2, 0.25) is 0 Å². The second kappa shape index (κ2) is 7.80. The first-order valence-corrected chi connectivity index (χ1v) is 8.10. The lowest BCUT2D eigenvalue weighted by Crippen LogP contribution is -2.28. The normalized spacial score (nSPS) is 24.6. The highest BCUT2D eigenvalue weighted by Crippen LogP contribution is 2.26. The zero-order valence-electron chi connectivity index (χ0n) is 13.2. The minimum Gasteiger partial charge on any atom is -0.376 e. The maximum absolute atomic E-state index is 6.15. The zero-order chi connectivity index (χ0) is 14.4. The third-order valence-corrected chi connectivity index (χ3v) is 4.53. The van der Waals surface area contributed by atoms with Crippen molar-refractivity contribution < 1.29 is 4.74 Å². The van der Waals surface area contributed by atoms with Crippen molar-refractivity contribution in [1.29, 1.82) is 0 Å². The molecule has 0 amide bonds. The number of nitrogens with one attached hydrogen (secondary N) is 1. The molecule has 1 saturated carbocycles. The van der Waals surface area contributed by atoms with Crippen molar-refractivity contribution in [3.8, 4) is 0 Å². The average molecular weight is 275 g/mol. The summed E-state index contributed by atoms with van der Waals surface area (Å²) in [7, 11) is 2.02. The van der Waals surface area contributed by atoms with Crippen molar-refractivity contribution in [2.24, 2.45) is 5.92 Å². The highest BCUT2D eigenvalue weighted by Gasteiger charge is 2.20. The van der Waals surface area contributed by atoms with Gasteiger partial charge in [-0.3, -0.25) is 0 Å². The third kappa shape index (κ3) is 4.32. The molecule has 0 aromatic heterocycles. The van der Waals surface area contributed by atoms with Gasteiger partial charge in [-0.1, -0.05) is 51.0 Å². The van der Waals surface area contributed by atoms with Crippen molar-refractivity contribution in [2.75, 3.05) is 13.7 Å². The fourth-order valence-corrected chi connectivity index (χ4v) is 3.09. The highest BCUT2D eigenvalue weighted by atomic mass is 16.5. The van der Waals surface area contributed by atoms with Crippen molar-refractivity contribution in [1.82, 2.24) is 5.32 Å². The van der Waals surface area contributed by atoms with Crippen LogP contribution >= 0.6 is 0 Å². The Bertz CT molecular complexity index is 387. The number of benzene rings is 1. The Morgan fingerprint density at radius 1 is 1.25 bits per heavy atom. The largest absolute Gasteiger partial charge is 0.376 e. The summed E-state index contributed by atoms with van der Waals surface area (Å²) in [6, 6.07) is 9.21. The van der Waals surface area contributed by atoms with Crippen LogP contribution in [0.15, 0.2) is 24.3 Å². The quantitative estimate of drug-likeness (QED) is 0.843. The van der Waals surface area contributed by atoms with E-state index in [9.17, 15) is 0 Å². The summed E-state index contributed by atoms with van der Waals surface area (Å²) >= 11 is 0. The monoisotopic (exact) mass is 275 g/mol. The number of rotatable bonds is 6. The zero-order valence-corrected chi connectivity index (χ0v) is 13.2. The van der Waals surface area contributed by atoms with E-state index in [2.05, 4.69) is 43.4 Å². The van der Waals surface area contributed by atoms with Gasteiger partial charge in [0.05, 0.1) is 18.8 Å². The van der Waals surface area contributed by atoms with Gasteiger partial charge in [0.1, 0.15) is 0 Å². The predicted octanol–water partition coefficient (Wildman–Crippen LogP) is 4.10. The molecule has 0 radical (unpaired) electrons. The summed E-state index contributed by atoms with van der Waals surface area (Å²) in [5.74, 6) is 0.825. The summed E-state index contributed by atoms with van der Waals surface area (Å²) in [6.45, 7) is 5.31. The number of aryl methyl sites for hydroxylation is 1. The van der Waals surface area contributed by atoms with Crippen LogP contribution in [0.3, 0.4) is 0 Å². The number of ether oxygens (including phenoxy) is 1.